The van der Waals surface area contributed by atoms with Crippen molar-refractivity contribution < 1.29 is 13.9 Å². The summed E-state index contributed by atoms with van der Waals surface area (Å²) in [5.74, 6) is -0.945. The van der Waals surface area contributed by atoms with Crippen LogP contribution in [0.1, 0.15) is 35.4 Å². The first-order valence-corrected chi connectivity index (χ1v) is 8.27. The van der Waals surface area contributed by atoms with E-state index in [1.54, 1.807) is 6.07 Å². The fourth-order valence-corrected chi connectivity index (χ4v) is 2.48. The lowest BCUT2D eigenvalue weighted by molar-refractivity contribution is 0.0634. The van der Waals surface area contributed by atoms with Crippen LogP contribution in [-0.4, -0.2) is 19.1 Å². The number of amides is 1. The van der Waals surface area contributed by atoms with Gasteiger partial charge < -0.3 is 10.1 Å². The van der Waals surface area contributed by atoms with Gasteiger partial charge in [-0.2, -0.15) is 0 Å². The second-order valence-corrected chi connectivity index (χ2v) is 6.07. The van der Waals surface area contributed by atoms with Gasteiger partial charge in [0.1, 0.15) is 5.82 Å². The molecular formula is C18H19BrFNO2. The summed E-state index contributed by atoms with van der Waals surface area (Å²) in [6, 6.07) is 14.2. The zero-order chi connectivity index (χ0) is 16.7. The van der Waals surface area contributed by atoms with Crippen molar-refractivity contribution in [1.29, 1.82) is 0 Å². The van der Waals surface area contributed by atoms with E-state index < -0.39 is 11.7 Å². The first kappa shape index (κ1) is 17.6. The molecule has 0 fully saturated rings. The summed E-state index contributed by atoms with van der Waals surface area (Å²) in [5.41, 5.74) is 1.16. The molecule has 122 valence electrons. The highest BCUT2D eigenvalue weighted by atomic mass is 79.9. The van der Waals surface area contributed by atoms with Gasteiger partial charge in [0, 0.05) is 17.6 Å². The van der Waals surface area contributed by atoms with E-state index in [4.69, 9.17) is 4.74 Å². The Morgan fingerprint density at radius 3 is 2.74 bits per heavy atom. The molecule has 0 aliphatic heterocycles. The fourth-order valence-electron chi connectivity index (χ4n) is 2.12. The summed E-state index contributed by atoms with van der Waals surface area (Å²) >= 11 is 3.23. The highest BCUT2D eigenvalue weighted by molar-refractivity contribution is 9.10. The van der Waals surface area contributed by atoms with Crippen LogP contribution in [0.4, 0.5) is 4.39 Å². The predicted molar refractivity (Wildman–Crippen MR) is 91.9 cm³/mol. The van der Waals surface area contributed by atoms with E-state index in [9.17, 15) is 9.18 Å². The third-order valence-electron chi connectivity index (χ3n) is 3.42. The molecule has 0 radical (unpaired) electrons. The number of hydrogen-bond acceptors (Lipinski definition) is 2. The van der Waals surface area contributed by atoms with E-state index in [1.165, 1.54) is 12.1 Å². The normalized spacial score (nSPS) is 12.0. The Hall–Kier alpha value is -1.72. The maximum atomic E-state index is 13.6. The Labute approximate surface area is 144 Å². The number of halogens is 2. The van der Waals surface area contributed by atoms with Crippen LogP contribution in [0.25, 0.3) is 0 Å². The van der Waals surface area contributed by atoms with E-state index in [0.29, 0.717) is 24.0 Å². The van der Waals surface area contributed by atoms with Crippen molar-refractivity contribution in [2.45, 2.75) is 19.4 Å². The summed E-state index contributed by atoms with van der Waals surface area (Å²) in [5, 5.41) is 2.70. The molecule has 0 spiro atoms. The van der Waals surface area contributed by atoms with Crippen LogP contribution >= 0.6 is 15.9 Å². The van der Waals surface area contributed by atoms with Gasteiger partial charge in [-0.25, -0.2) is 4.39 Å². The van der Waals surface area contributed by atoms with Crippen molar-refractivity contribution in [3.05, 3.63) is 69.9 Å². The smallest absolute Gasteiger partial charge is 0.254 e. The lowest BCUT2D eigenvalue weighted by Gasteiger charge is -2.13. The zero-order valence-electron chi connectivity index (χ0n) is 12.9. The molecule has 23 heavy (non-hydrogen) atoms. The number of hydrogen-bond donors (Lipinski definition) is 1. The predicted octanol–water partition coefficient (Wildman–Crippen LogP) is 4.49. The Balaban J connectivity index is 1.71. The molecule has 3 nitrogen and oxygen atoms in total. The molecular weight excluding hydrogens is 361 g/mol. The van der Waals surface area contributed by atoms with Crippen LogP contribution < -0.4 is 5.32 Å². The second kappa shape index (κ2) is 8.79. The average Bonchev–Trinajstić information content (AvgIpc) is 2.57. The molecule has 0 aromatic heterocycles. The fraction of sp³-hybridized carbons (Fsp3) is 0.278. The summed E-state index contributed by atoms with van der Waals surface area (Å²) < 4.78 is 20.0. The van der Waals surface area contributed by atoms with Crippen molar-refractivity contribution in [2.75, 3.05) is 13.2 Å². The standard InChI is InChI=1S/C18H19BrFNO2/c1-13(14-6-3-2-4-7-14)23-11-5-10-21-18(22)16-12-15(19)8-9-17(16)20/h2-4,6-9,12-13H,5,10-11H2,1H3,(H,21,22). The average molecular weight is 380 g/mol. The van der Waals surface area contributed by atoms with Crippen LogP contribution in [0.5, 0.6) is 0 Å². The third kappa shape index (κ3) is 5.44. The van der Waals surface area contributed by atoms with Crippen LogP contribution in [0.2, 0.25) is 0 Å². The Kier molecular flexibility index (Phi) is 6.74. The second-order valence-electron chi connectivity index (χ2n) is 5.16. The molecule has 2 aromatic rings. The van der Waals surface area contributed by atoms with E-state index >= 15 is 0 Å². The van der Waals surface area contributed by atoms with E-state index in [2.05, 4.69) is 21.2 Å². The molecule has 5 heteroatoms. The maximum absolute atomic E-state index is 13.6. The third-order valence-corrected chi connectivity index (χ3v) is 3.91. The summed E-state index contributed by atoms with van der Waals surface area (Å²) in [7, 11) is 0. The minimum absolute atomic E-state index is 0.00873. The lowest BCUT2D eigenvalue weighted by atomic mass is 10.1. The van der Waals surface area contributed by atoms with Crippen molar-refractivity contribution in [3.63, 3.8) is 0 Å². The Morgan fingerprint density at radius 2 is 2.00 bits per heavy atom. The van der Waals surface area contributed by atoms with Crippen molar-refractivity contribution >= 4 is 21.8 Å². The largest absolute Gasteiger partial charge is 0.374 e. The van der Waals surface area contributed by atoms with Gasteiger partial charge in [-0.3, -0.25) is 4.79 Å². The van der Waals surface area contributed by atoms with Gasteiger partial charge in [0.25, 0.3) is 5.91 Å². The van der Waals surface area contributed by atoms with Gasteiger partial charge >= 0.3 is 0 Å². The van der Waals surface area contributed by atoms with Gasteiger partial charge in [0.2, 0.25) is 0 Å². The first-order valence-electron chi connectivity index (χ1n) is 7.47. The number of rotatable bonds is 7. The SMILES string of the molecule is CC(OCCCNC(=O)c1cc(Br)ccc1F)c1ccccc1. The highest BCUT2D eigenvalue weighted by Crippen LogP contribution is 2.16. The van der Waals surface area contributed by atoms with Crippen molar-refractivity contribution in [3.8, 4) is 0 Å². The van der Waals surface area contributed by atoms with E-state index in [1.807, 2.05) is 37.3 Å². The van der Waals surface area contributed by atoms with Crippen LogP contribution in [0.3, 0.4) is 0 Å². The van der Waals surface area contributed by atoms with Gasteiger partial charge in [-0.1, -0.05) is 46.3 Å². The molecule has 2 rings (SSSR count). The molecule has 0 heterocycles. The maximum Gasteiger partial charge on any atom is 0.254 e. The van der Waals surface area contributed by atoms with E-state index in [0.717, 1.165) is 5.56 Å². The molecule has 1 unspecified atom stereocenters. The summed E-state index contributed by atoms with van der Waals surface area (Å²) in [6.07, 6.45) is 0.674. The van der Waals surface area contributed by atoms with Gasteiger partial charge in [-0.05, 0) is 37.1 Å². The quantitative estimate of drug-likeness (QED) is 0.719. The van der Waals surface area contributed by atoms with Crippen LogP contribution in [-0.2, 0) is 4.74 Å². The number of benzene rings is 2. The molecule has 0 aliphatic rings. The van der Waals surface area contributed by atoms with Crippen molar-refractivity contribution in [1.82, 2.24) is 5.32 Å². The van der Waals surface area contributed by atoms with Gasteiger partial charge in [0.15, 0.2) is 0 Å². The number of carbonyl (C=O) groups excluding carboxylic acids is 1. The topological polar surface area (TPSA) is 38.3 Å². The Morgan fingerprint density at radius 1 is 1.26 bits per heavy atom. The van der Waals surface area contributed by atoms with Crippen LogP contribution in [0, 0.1) is 5.82 Å². The molecule has 0 saturated carbocycles. The molecule has 1 amide bonds. The number of ether oxygens (including phenoxy) is 1. The molecule has 1 N–H and O–H groups in total. The van der Waals surface area contributed by atoms with Crippen LogP contribution in [0.15, 0.2) is 53.0 Å². The monoisotopic (exact) mass is 379 g/mol. The van der Waals surface area contributed by atoms with Gasteiger partial charge in [0.05, 0.1) is 11.7 Å². The number of carbonyl (C=O) groups is 1. The molecule has 1 atom stereocenters. The first-order chi connectivity index (χ1) is 11.1. The van der Waals surface area contributed by atoms with Gasteiger partial charge in [-0.15, -0.1) is 0 Å². The molecule has 0 bridgehead atoms. The minimum Gasteiger partial charge on any atom is -0.374 e. The molecule has 2 aromatic carbocycles. The van der Waals surface area contributed by atoms with E-state index in [-0.39, 0.29) is 11.7 Å². The summed E-state index contributed by atoms with van der Waals surface area (Å²) in [4.78, 5) is 11.9. The highest BCUT2D eigenvalue weighted by Gasteiger charge is 2.11. The Bertz CT molecular complexity index is 649. The molecule has 0 aliphatic carbocycles. The zero-order valence-corrected chi connectivity index (χ0v) is 14.5. The minimum atomic E-state index is -0.528. The molecule has 0 saturated heterocycles. The number of nitrogens with one attached hydrogen (secondary N) is 1. The summed E-state index contributed by atoms with van der Waals surface area (Å²) in [6.45, 7) is 2.95. The lowest BCUT2D eigenvalue weighted by Crippen LogP contribution is -2.26. The van der Waals surface area contributed by atoms with Crippen molar-refractivity contribution in [2.24, 2.45) is 0 Å².